The van der Waals surface area contributed by atoms with Crippen LogP contribution in [0, 0.1) is 0 Å². The first-order chi connectivity index (χ1) is 13.5. The summed E-state index contributed by atoms with van der Waals surface area (Å²) in [6.45, 7) is 0.286. The van der Waals surface area contributed by atoms with Gasteiger partial charge in [0, 0.05) is 11.4 Å². The van der Waals surface area contributed by atoms with Gasteiger partial charge in [-0.25, -0.2) is 9.59 Å². The van der Waals surface area contributed by atoms with Gasteiger partial charge in [0.2, 0.25) is 0 Å². The molecule has 4 nitrogen and oxygen atoms in total. The quantitative estimate of drug-likeness (QED) is 0.388. The van der Waals surface area contributed by atoms with Crippen LogP contribution in [0.4, 0.5) is 0 Å². The molecule has 142 valence electrons. The molecular formula is C22H16Cl2O4. The lowest BCUT2D eigenvalue weighted by molar-refractivity contribution is 0.0509. The predicted octanol–water partition coefficient (Wildman–Crippen LogP) is 5.61. The third-order valence-electron chi connectivity index (χ3n) is 3.92. The Morgan fingerprint density at radius 3 is 2.21 bits per heavy atom. The summed E-state index contributed by atoms with van der Waals surface area (Å²) in [6, 6.07) is 20.4. The van der Waals surface area contributed by atoms with Gasteiger partial charge in [-0.2, -0.15) is 0 Å². The van der Waals surface area contributed by atoms with Gasteiger partial charge in [-0.05, 0) is 48.0 Å². The Morgan fingerprint density at radius 1 is 0.821 bits per heavy atom. The van der Waals surface area contributed by atoms with Crippen molar-refractivity contribution >= 4 is 35.1 Å². The summed E-state index contributed by atoms with van der Waals surface area (Å²) < 4.78 is 10.5. The van der Waals surface area contributed by atoms with E-state index >= 15 is 0 Å². The highest BCUT2D eigenvalue weighted by Crippen LogP contribution is 2.23. The van der Waals surface area contributed by atoms with E-state index in [-0.39, 0.29) is 22.9 Å². The Hall–Kier alpha value is -2.82. The van der Waals surface area contributed by atoms with Crippen molar-refractivity contribution in [1.82, 2.24) is 0 Å². The average Bonchev–Trinajstić information content (AvgIpc) is 2.69. The molecule has 28 heavy (non-hydrogen) atoms. The Labute approximate surface area is 172 Å². The van der Waals surface area contributed by atoms with E-state index in [1.165, 1.54) is 36.4 Å². The van der Waals surface area contributed by atoms with Crippen LogP contribution in [0.25, 0.3) is 0 Å². The number of halogens is 2. The van der Waals surface area contributed by atoms with Gasteiger partial charge in [-0.1, -0.05) is 53.5 Å². The molecule has 0 fully saturated rings. The van der Waals surface area contributed by atoms with Crippen LogP contribution in [0.3, 0.4) is 0 Å². The molecule has 3 aromatic rings. The summed E-state index contributed by atoms with van der Waals surface area (Å²) in [5, 5.41) is 0.632. The van der Waals surface area contributed by atoms with Crippen molar-refractivity contribution in [3.8, 4) is 5.75 Å². The molecule has 0 spiro atoms. The van der Waals surface area contributed by atoms with Gasteiger partial charge >= 0.3 is 11.9 Å². The number of carbonyl (C=O) groups excluding carboxylic acids is 2. The monoisotopic (exact) mass is 414 g/mol. The minimum atomic E-state index is -0.611. The molecule has 0 aliphatic rings. The van der Waals surface area contributed by atoms with Crippen molar-refractivity contribution in [2.45, 2.75) is 6.42 Å². The van der Waals surface area contributed by atoms with Crippen molar-refractivity contribution in [1.29, 1.82) is 0 Å². The van der Waals surface area contributed by atoms with E-state index in [0.29, 0.717) is 17.0 Å². The summed E-state index contributed by atoms with van der Waals surface area (Å²) >= 11 is 11.8. The molecule has 0 unspecified atom stereocenters. The highest BCUT2D eigenvalue weighted by molar-refractivity contribution is 6.36. The summed E-state index contributed by atoms with van der Waals surface area (Å²) in [5.74, 6) is -0.758. The molecule has 3 rings (SSSR count). The number of benzene rings is 3. The number of hydrogen-bond donors (Lipinski definition) is 0. The third kappa shape index (κ3) is 5.35. The molecule has 0 radical (unpaired) electrons. The first-order valence-electron chi connectivity index (χ1n) is 8.51. The van der Waals surface area contributed by atoms with Crippen LogP contribution in [0.2, 0.25) is 10.0 Å². The number of esters is 2. The molecule has 6 heteroatoms. The van der Waals surface area contributed by atoms with Gasteiger partial charge < -0.3 is 9.47 Å². The largest absolute Gasteiger partial charge is 0.462 e. The van der Waals surface area contributed by atoms with E-state index < -0.39 is 11.9 Å². The van der Waals surface area contributed by atoms with E-state index in [2.05, 4.69) is 0 Å². The van der Waals surface area contributed by atoms with Gasteiger partial charge in [0.25, 0.3) is 0 Å². The first-order valence-corrected chi connectivity index (χ1v) is 9.27. The minimum absolute atomic E-state index is 0.204. The van der Waals surface area contributed by atoms with Crippen LogP contribution in [-0.2, 0) is 11.2 Å². The van der Waals surface area contributed by atoms with Gasteiger partial charge in [0.1, 0.15) is 5.75 Å². The van der Waals surface area contributed by atoms with Crippen LogP contribution >= 0.6 is 23.2 Å². The van der Waals surface area contributed by atoms with Crippen molar-refractivity contribution in [2.24, 2.45) is 0 Å². The van der Waals surface area contributed by atoms with E-state index in [1.807, 2.05) is 30.3 Å². The molecule has 0 amide bonds. The molecule has 3 aromatic carbocycles. The lowest BCUT2D eigenvalue weighted by Crippen LogP contribution is -2.10. The van der Waals surface area contributed by atoms with Gasteiger partial charge in [0.05, 0.1) is 22.8 Å². The zero-order valence-corrected chi connectivity index (χ0v) is 16.2. The summed E-state index contributed by atoms with van der Waals surface area (Å²) in [6.07, 6.45) is 0.643. The normalized spacial score (nSPS) is 10.4. The van der Waals surface area contributed by atoms with Crippen LogP contribution in [0.1, 0.15) is 26.3 Å². The number of ether oxygens (including phenoxy) is 2. The van der Waals surface area contributed by atoms with E-state index in [9.17, 15) is 9.59 Å². The second kappa shape index (κ2) is 9.40. The standard InChI is InChI=1S/C22H16Cl2O4/c23-17-8-11-19(20(24)14-17)22(26)28-18-9-6-16(7-10-18)21(25)27-13-12-15-4-2-1-3-5-15/h1-11,14H,12-13H2. The SMILES string of the molecule is O=C(OCCc1ccccc1)c1ccc(OC(=O)c2ccc(Cl)cc2Cl)cc1. The molecular weight excluding hydrogens is 399 g/mol. The van der Waals surface area contributed by atoms with Crippen LogP contribution in [-0.4, -0.2) is 18.5 Å². The predicted molar refractivity (Wildman–Crippen MR) is 108 cm³/mol. The molecule has 0 aromatic heterocycles. The Kier molecular flexibility index (Phi) is 6.69. The van der Waals surface area contributed by atoms with Crippen molar-refractivity contribution < 1.29 is 19.1 Å². The van der Waals surface area contributed by atoms with E-state index in [4.69, 9.17) is 32.7 Å². The van der Waals surface area contributed by atoms with Crippen molar-refractivity contribution in [3.63, 3.8) is 0 Å². The Bertz CT molecular complexity index is 970. The fraction of sp³-hybridized carbons (Fsp3) is 0.0909. The third-order valence-corrected chi connectivity index (χ3v) is 4.47. The first kappa shape index (κ1) is 19.9. The fourth-order valence-corrected chi connectivity index (χ4v) is 2.95. The fourth-order valence-electron chi connectivity index (χ4n) is 2.47. The van der Waals surface area contributed by atoms with Crippen LogP contribution < -0.4 is 4.74 Å². The van der Waals surface area contributed by atoms with Crippen LogP contribution in [0.15, 0.2) is 72.8 Å². The molecule has 0 atom stereocenters. The molecule has 0 heterocycles. The second-order valence-electron chi connectivity index (χ2n) is 5.91. The zero-order chi connectivity index (χ0) is 19.9. The Morgan fingerprint density at radius 2 is 1.54 bits per heavy atom. The highest BCUT2D eigenvalue weighted by Gasteiger charge is 2.14. The van der Waals surface area contributed by atoms with E-state index in [1.54, 1.807) is 6.07 Å². The molecule has 0 N–H and O–H groups in total. The lowest BCUT2D eigenvalue weighted by atomic mass is 10.2. The van der Waals surface area contributed by atoms with Crippen LogP contribution in [0.5, 0.6) is 5.75 Å². The zero-order valence-electron chi connectivity index (χ0n) is 14.7. The average molecular weight is 415 g/mol. The highest BCUT2D eigenvalue weighted by atomic mass is 35.5. The maximum atomic E-state index is 12.2. The Balaban J connectivity index is 1.55. The summed E-state index contributed by atoms with van der Waals surface area (Å²) in [7, 11) is 0. The summed E-state index contributed by atoms with van der Waals surface area (Å²) in [5.41, 5.74) is 1.67. The minimum Gasteiger partial charge on any atom is -0.462 e. The molecule has 0 saturated carbocycles. The molecule has 0 aliphatic heterocycles. The van der Waals surface area contributed by atoms with Gasteiger partial charge in [0.15, 0.2) is 0 Å². The lowest BCUT2D eigenvalue weighted by Gasteiger charge is -2.08. The topological polar surface area (TPSA) is 52.6 Å². The summed E-state index contributed by atoms with van der Waals surface area (Å²) in [4.78, 5) is 24.3. The van der Waals surface area contributed by atoms with Crippen molar-refractivity contribution in [2.75, 3.05) is 6.61 Å². The molecule has 0 saturated heterocycles. The smallest absolute Gasteiger partial charge is 0.345 e. The van der Waals surface area contributed by atoms with E-state index in [0.717, 1.165) is 5.56 Å². The van der Waals surface area contributed by atoms with Crippen molar-refractivity contribution in [3.05, 3.63) is 99.5 Å². The van der Waals surface area contributed by atoms with Gasteiger partial charge in [-0.3, -0.25) is 0 Å². The maximum Gasteiger partial charge on any atom is 0.345 e. The maximum absolute atomic E-state index is 12.2. The second-order valence-corrected chi connectivity index (χ2v) is 6.75. The molecule has 0 aliphatic carbocycles. The molecule has 0 bridgehead atoms. The van der Waals surface area contributed by atoms with Gasteiger partial charge in [-0.15, -0.1) is 0 Å². The number of hydrogen-bond acceptors (Lipinski definition) is 4. The number of rotatable bonds is 6. The number of carbonyl (C=O) groups is 2.